The predicted octanol–water partition coefficient (Wildman–Crippen LogP) is 4.31. The zero-order chi connectivity index (χ0) is 15.1. The van der Waals surface area contributed by atoms with Crippen LogP contribution in [0.5, 0.6) is 0 Å². The summed E-state index contributed by atoms with van der Waals surface area (Å²) in [5.74, 6) is 0.584. The van der Waals surface area contributed by atoms with Crippen LogP contribution in [0.3, 0.4) is 0 Å². The molecule has 0 bridgehead atoms. The second-order valence-electron chi connectivity index (χ2n) is 4.92. The first-order chi connectivity index (χ1) is 9.97. The first-order valence-electron chi connectivity index (χ1n) is 6.43. The number of aromatic nitrogens is 2. The maximum absolute atomic E-state index is 12.8. The zero-order valence-electron chi connectivity index (χ0n) is 11.5. The fraction of sp³-hybridized carbons (Fsp3) is 0.125. The molecule has 0 aliphatic heterocycles. The van der Waals surface area contributed by atoms with E-state index in [-0.39, 0.29) is 5.56 Å². The first-order valence-corrected chi connectivity index (χ1v) is 7.18. The zero-order valence-corrected chi connectivity index (χ0v) is 13.0. The van der Waals surface area contributed by atoms with Gasteiger partial charge in [-0.05, 0) is 44.2 Å². The SMILES string of the molecule is Cc1ccc2nc(C)n(-c3ccc(Cl)cc3Cl)c(=O)c2c1. The normalized spacial score (nSPS) is 11.0. The number of hydrogen-bond acceptors (Lipinski definition) is 2. The Morgan fingerprint density at radius 2 is 1.81 bits per heavy atom. The molecule has 1 aromatic heterocycles. The van der Waals surface area contributed by atoms with Crippen molar-refractivity contribution in [1.29, 1.82) is 0 Å². The van der Waals surface area contributed by atoms with E-state index in [4.69, 9.17) is 23.2 Å². The number of rotatable bonds is 1. The summed E-state index contributed by atoms with van der Waals surface area (Å²) < 4.78 is 1.51. The highest BCUT2D eigenvalue weighted by Gasteiger charge is 2.12. The van der Waals surface area contributed by atoms with Gasteiger partial charge in [-0.3, -0.25) is 9.36 Å². The van der Waals surface area contributed by atoms with E-state index in [0.29, 0.717) is 32.5 Å². The molecule has 1 heterocycles. The molecule has 0 aliphatic rings. The van der Waals surface area contributed by atoms with Gasteiger partial charge in [0.15, 0.2) is 0 Å². The third kappa shape index (κ3) is 2.43. The van der Waals surface area contributed by atoms with Gasteiger partial charge < -0.3 is 0 Å². The Labute approximate surface area is 131 Å². The fourth-order valence-corrected chi connectivity index (χ4v) is 2.85. The number of nitrogens with zero attached hydrogens (tertiary/aromatic N) is 2. The third-order valence-corrected chi connectivity index (χ3v) is 3.88. The monoisotopic (exact) mass is 318 g/mol. The average Bonchev–Trinajstić information content (AvgIpc) is 2.42. The summed E-state index contributed by atoms with van der Waals surface area (Å²) in [6.45, 7) is 3.73. The maximum atomic E-state index is 12.8. The minimum atomic E-state index is -0.134. The highest BCUT2D eigenvalue weighted by Crippen LogP contribution is 2.24. The van der Waals surface area contributed by atoms with E-state index in [0.717, 1.165) is 5.56 Å². The van der Waals surface area contributed by atoms with Crippen LogP contribution in [0.4, 0.5) is 0 Å². The van der Waals surface area contributed by atoms with Crippen LogP contribution in [-0.2, 0) is 0 Å². The van der Waals surface area contributed by atoms with Gasteiger partial charge in [-0.2, -0.15) is 0 Å². The smallest absolute Gasteiger partial charge is 0.266 e. The van der Waals surface area contributed by atoms with Crippen molar-refractivity contribution < 1.29 is 0 Å². The largest absolute Gasteiger partial charge is 0.268 e. The van der Waals surface area contributed by atoms with Crippen LogP contribution in [-0.4, -0.2) is 9.55 Å². The van der Waals surface area contributed by atoms with Crippen LogP contribution in [0.15, 0.2) is 41.2 Å². The minimum absolute atomic E-state index is 0.134. The number of halogens is 2. The Hall–Kier alpha value is -1.84. The molecule has 5 heteroatoms. The van der Waals surface area contributed by atoms with Crippen molar-refractivity contribution in [1.82, 2.24) is 9.55 Å². The molecule has 0 spiro atoms. The molecule has 0 amide bonds. The van der Waals surface area contributed by atoms with Crippen LogP contribution < -0.4 is 5.56 Å². The van der Waals surface area contributed by atoms with Crippen molar-refractivity contribution in [3.63, 3.8) is 0 Å². The molecule has 0 N–H and O–H groups in total. The highest BCUT2D eigenvalue weighted by atomic mass is 35.5. The molecule has 106 valence electrons. The lowest BCUT2D eigenvalue weighted by Gasteiger charge is -2.12. The standard InChI is InChI=1S/C16H12Cl2N2O/c1-9-3-5-14-12(7-9)16(21)20(10(2)19-14)15-6-4-11(17)8-13(15)18/h3-8H,1-2H3. The molecular weight excluding hydrogens is 307 g/mol. The Morgan fingerprint density at radius 1 is 1.05 bits per heavy atom. The van der Waals surface area contributed by atoms with E-state index in [1.807, 2.05) is 25.1 Å². The van der Waals surface area contributed by atoms with Gasteiger partial charge in [0, 0.05) is 5.02 Å². The molecular formula is C16H12Cl2N2O. The Bertz CT molecular complexity index is 916. The van der Waals surface area contributed by atoms with E-state index in [9.17, 15) is 4.79 Å². The third-order valence-electron chi connectivity index (χ3n) is 3.34. The second kappa shape index (κ2) is 5.17. The molecule has 0 unspecified atom stereocenters. The van der Waals surface area contributed by atoms with E-state index < -0.39 is 0 Å². The molecule has 21 heavy (non-hydrogen) atoms. The summed E-state index contributed by atoms with van der Waals surface area (Å²) in [5, 5.41) is 1.52. The lowest BCUT2D eigenvalue weighted by molar-refractivity contribution is 0.895. The van der Waals surface area contributed by atoms with Gasteiger partial charge >= 0.3 is 0 Å². The number of benzene rings is 2. The fourth-order valence-electron chi connectivity index (χ4n) is 2.36. The minimum Gasteiger partial charge on any atom is -0.268 e. The van der Waals surface area contributed by atoms with E-state index >= 15 is 0 Å². The van der Waals surface area contributed by atoms with Gasteiger partial charge in [0.1, 0.15) is 5.82 Å². The summed E-state index contributed by atoms with van der Waals surface area (Å²) in [6, 6.07) is 10.7. The van der Waals surface area contributed by atoms with Crippen molar-refractivity contribution in [3.05, 3.63) is 68.2 Å². The molecule has 0 radical (unpaired) electrons. The number of hydrogen-bond donors (Lipinski definition) is 0. The van der Waals surface area contributed by atoms with E-state index in [1.54, 1.807) is 25.1 Å². The lowest BCUT2D eigenvalue weighted by Crippen LogP contribution is -2.22. The van der Waals surface area contributed by atoms with Crippen molar-refractivity contribution in [2.24, 2.45) is 0 Å². The Morgan fingerprint density at radius 3 is 2.52 bits per heavy atom. The van der Waals surface area contributed by atoms with Crippen LogP contribution in [0, 0.1) is 13.8 Å². The second-order valence-corrected chi connectivity index (χ2v) is 5.76. The van der Waals surface area contributed by atoms with Gasteiger partial charge in [-0.25, -0.2) is 4.98 Å². The number of aryl methyl sites for hydroxylation is 2. The Kier molecular flexibility index (Phi) is 3.47. The van der Waals surface area contributed by atoms with Crippen LogP contribution >= 0.6 is 23.2 Å². The molecule has 0 atom stereocenters. The number of fused-ring (bicyclic) bond motifs is 1. The van der Waals surface area contributed by atoms with Crippen molar-refractivity contribution >= 4 is 34.1 Å². The first kappa shape index (κ1) is 14.1. The van der Waals surface area contributed by atoms with Gasteiger partial charge in [0.05, 0.1) is 21.6 Å². The van der Waals surface area contributed by atoms with E-state index in [1.165, 1.54) is 4.57 Å². The van der Waals surface area contributed by atoms with Gasteiger partial charge in [0.2, 0.25) is 0 Å². The molecule has 3 nitrogen and oxygen atoms in total. The summed E-state index contributed by atoms with van der Waals surface area (Å²) in [6.07, 6.45) is 0. The molecule has 0 aliphatic carbocycles. The molecule has 2 aromatic carbocycles. The topological polar surface area (TPSA) is 34.9 Å². The van der Waals surface area contributed by atoms with Gasteiger partial charge in [-0.15, -0.1) is 0 Å². The molecule has 0 saturated heterocycles. The average molecular weight is 319 g/mol. The summed E-state index contributed by atoms with van der Waals surface area (Å²) >= 11 is 12.1. The van der Waals surface area contributed by atoms with E-state index in [2.05, 4.69) is 4.98 Å². The van der Waals surface area contributed by atoms with Gasteiger partial charge in [0.25, 0.3) is 5.56 Å². The Balaban J connectivity index is 2.40. The van der Waals surface area contributed by atoms with Crippen LogP contribution in [0.1, 0.15) is 11.4 Å². The summed E-state index contributed by atoms with van der Waals surface area (Å²) in [4.78, 5) is 17.3. The molecule has 0 fully saturated rings. The van der Waals surface area contributed by atoms with Crippen molar-refractivity contribution in [3.8, 4) is 5.69 Å². The lowest BCUT2D eigenvalue weighted by atomic mass is 10.1. The van der Waals surface area contributed by atoms with Crippen LogP contribution in [0.25, 0.3) is 16.6 Å². The molecule has 0 saturated carbocycles. The highest BCUT2D eigenvalue weighted by molar-refractivity contribution is 6.35. The quantitative estimate of drug-likeness (QED) is 0.670. The summed E-state index contributed by atoms with van der Waals surface area (Å²) in [5.41, 5.74) is 2.15. The predicted molar refractivity (Wildman–Crippen MR) is 86.8 cm³/mol. The maximum Gasteiger partial charge on any atom is 0.266 e. The van der Waals surface area contributed by atoms with Crippen molar-refractivity contribution in [2.75, 3.05) is 0 Å². The van der Waals surface area contributed by atoms with Crippen LogP contribution in [0.2, 0.25) is 10.0 Å². The molecule has 3 rings (SSSR count). The van der Waals surface area contributed by atoms with Crippen molar-refractivity contribution in [2.45, 2.75) is 13.8 Å². The molecule has 3 aromatic rings. The summed E-state index contributed by atoms with van der Waals surface area (Å²) in [7, 11) is 0. The van der Waals surface area contributed by atoms with Gasteiger partial charge in [-0.1, -0.05) is 34.8 Å².